The summed E-state index contributed by atoms with van der Waals surface area (Å²) in [6, 6.07) is -0.0631. The lowest BCUT2D eigenvalue weighted by Crippen LogP contribution is -2.51. The minimum atomic E-state index is -0.439. The quantitative estimate of drug-likeness (QED) is 0.659. The van der Waals surface area contributed by atoms with E-state index in [4.69, 9.17) is 0 Å². The second kappa shape index (κ2) is 6.15. The third-order valence-corrected chi connectivity index (χ3v) is 2.79. The van der Waals surface area contributed by atoms with Gasteiger partial charge in [0.25, 0.3) is 0 Å². The molecule has 6 heteroatoms. The van der Waals surface area contributed by atoms with Crippen LogP contribution in [0.3, 0.4) is 0 Å². The van der Waals surface area contributed by atoms with Gasteiger partial charge in [-0.15, -0.1) is 0 Å². The first-order valence-electron chi connectivity index (χ1n) is 6.31. The SMILES string of the molecule is CN(CC(=O)NC(=O)NC(C)(C)C)C1CCNC1. The molecular formula is C12H24N4O2. The van der Waals surface area contributed by atoms with E-state index in [-0.39, 0.29) is 18.0 Å². The topological polar surface area (TPSA) is 73.5 Å². The Labute approximate surface area is 108 Å². The van der Waals surface area contributed by atoms with Crippen molar-refractivity contribution in [2.45, 2.75) is 38.8 Å². The average Bonchev–Trinajstić information content (AvgIpc) is 2.65. The number of hydrogen-bond donors (Lipinski definition) is 3. The molecule has 0 aromatic carbocycles. The Morgan fingerprint density at radius 2 is 2.06 bits per heavy atom. The molecule has 0 bridgehead atoms. The zero-order valence-corrected chi connectivity index (χ0v) is 11.7. The monoisotopic (exact) mass is 256 g/mol. The summed E-state index contributed by atoms with van der Waals surface area (Å²) >= 11 is 0. The Morgan fingerprint density at radius 3 is 2.56 bits per heavy atom. The van der Waals surface area contributed by atoms with Gasteiger partial charge in [-0.25, -0.2) is 4.79 Å². The summed E-state index contributed by atoms with van der Waals surface area (Å²) in [7, 11) is 1.90. The molecule has 1 heterocycles. The number of amides is 3. The van der Waals surface area contributed by atoms with Crippen LogP contribution in [0.25, 0.3) is 0 Å². The van der Waals surface area contributed by atoms with E-state index in [1.807, 2.05) is 32.7 Å². The number of rotatable bonds is 3. The molecule has 1 aliphatic heterocycles. The van der Waals surface area contributed by atoms with Crippen LogP contribution >= 0.6 is 0 Å². The first-order chi connectivity index (χ1) is 8.28. The van der Waals surface area contributed by atoms with Gasteiger partial charge in [-0.3, -0.25) is 15.0 Å². The molecule has 1 saturated heterocycles. The molecule has 1 fully saturated rings. The molecule has 6 nitrogen and oxygen atoms in total. The van der Waals surface area contributed by atoms with Crippen molar-refractivity contribution in [1.82, 2.24) is 20.9 Å². The van der Waals surface area contributed by atoms with Crippen LogP contribution in [0.5, 0.6) is 0 Å². The van der Waals surface area contributed by atoms with Crippen LogP contribution in [0.4, 0.5) is 4.79 Å². The Balaban J connectivity index is 2.30. The van der Waals surface area contributed by atoms with E-state index in [0.717, 1.165) is 19.5 Å². The first kappa shape index (κ1) is 14.9. The molecule has 0 radical (unpaired) electrons. The minimum Gasteiger partial charge on any atom is -0.333 e. The van der Waals surface area contributed by atoms with Gasteiger partial charge in [-0.1, -0.05) is 0 Å². The molecule has 0 aromatic rings. The Hall–Kier alpha value is -1.14. The third-order valence-electron chi connectivity index (χ3n) is 2.79. The van der Waals surface area contributed by atoms with Gasteiger partial charge >= 0.3 is 6.03 Å². The number of imide groups is 1. The van der Waals surface area contributed by atoms with Gasteiger partial charge in [0.15, 0.2) is 0 Å². The van der Waals surface area contributed by atoms with Crippen LogP contribution in [0.15, 0.2) is 0 Å². The van der Waals surface area contributed by atoms with Gasteiger partial charge in [0.1, 0.15) is 0 Å². The smallest absolute Gasteiger partial charge is 0.321 e. The van der Waals surface area contributed by atoms with Gasteiger partial charge in [0.2, 0.25) is 5.91 Å². The molecule has 18 heavy (non-hydrogen) atoms. The summed E-state index contributed by atoms with van der Waals surface area (Å²) in [6.45, 7) is 7.73. The number of hydrogen-bond acceptors (Lipinski definition) is 4. The summed E-state index contributed by atoms with van der Waals surface area (Å²) < 4.78 is 0. The van der Waals surface area contributed by atoms with Gasteiger partial charge in [0, 0.05) is 18.1 Å². The van der Waals surface area contributed by atoms with E-state index in [2.05, 4.69) is 16.0 Å². The van der Waals surface area contributed by atoms with Gasteiger partial charge in [-0.2, -0.15) is 0 Å². The molecular weight excluding hydrogens is 232 g/mol. The zero-order chi connectivity index (χ0) is 13.8. The molecule has 3 N–H and O–H groups in total. The number of urea groups is 1. The highest BCUT2D eigenvalue weighted by Gasteiger charge is 2.22. The number of likely N-dealkylation sites (N-methyl/N-ethyl adjacent to an activating group) is 1. The second-order valence-corrected chi connectivity index (χ2v) is 5.81. The molecule has 1 aliphatic rings. The van der Waals surface area contributed by atoms with Crippen LogP contribution in [0, 0.1) is 0 Å². The van der Waals surface area contributed by atoms with E-state index in [9.17, 15) is 9.59 Å². The largest absolute Gasteiger partial charge is 0.333 e. The molecule has 3 amide bonds. The molecule has 1 atom stereocenters. The summed E-state index contributed by atoms with van der Waals surface area (Å²) in [5, 5.41) is 8.28. The van der Waals surface area contributed by atoms with Crippen molar-refractivity contribution >= 4 is 11.9 Å². The molecule has 0 aromatic heterocycles. The number of carbonyl (C=O) groups is 2. The fraction of sp³-hybridized carbons (Fsp3) is 0.833. The fourth-order valence-corrected chi connectivity index (χ4v) is 1.91. The van der Waals surface area contributed by atoms with Crippen LogP contribution < -0.4 is 16.0 Å². The van der Waals surface area contributed by atoms with E-state index in [1.54, 1.807) is 0 Å². The third kappa shape index (κ3) is 5.46. The molecule has 0 saturated carbocycles. The maximum Gasteiger partial charge on any atom is 0.321 e. The summed E-state index contributed by atoms with van der Waals surface area (Å²) in [6.07, 6.45) is 1.04. The van der Waals surface area contributed by atoms with E-state index < -0.39 is 6.03 Å². The highest BCUT2D eigenvalue weighted by atomic mass is 16.2. The van der Waals surface area contributed by atoms with Crippen molar-refractivity contribution in [3.63, 3.8) is 0 Å². The number of nitrogens with zero attached hydrogens (tertiary/aromatic N) is 1. The Bertz CT molecular complexity index is 306. The molecule has 0 aliphatic carbocycles. The number of nitrogens with one attached hydrogen (secondary N) is 3. The second-order valence-electron chi connectivity index (χ2n) is 5.81. The van der Waals surface area contributed by atoms with Crippen LogP contribution in [0.2, 0.25) is 0 Å². The molecule has 0 spiro atoms. The first-order valence-corrected chi connectivity index (χ1v) is 6.31. The lowest BCUT2D eigenvalue weighted by atomic mass is 10.1. The van der Waals surface area contributed by atoms with Crippen LogP contribution in [-0.4, -0.2) is 55.1 Å². The van der Waals surface area contributed by atoms with E-state index in [0.29, 0.717) is 6.04 Å². The highest BCUT2D eigenvalue weighted by molar-refractivity contribution is 5.95. The maximum atomic E-state index is 11.7. The molecule has 1 rings (SSSR count). The standard InChI is InChI=1S/C12H24N4O2/c1-12(2,3)15-11(18)14-10(17)8-16(4)9-5-6-13-7-9/h9,13H,5-8H2,1-4H3,(H2,14,15,17,18). The van der Waals surface area contributed by atoms with Crippen molar-refractivity contribution in [2.24, 2.45) is 0 Å². The van der Waals surface area contributed by atoms with E-state index >= 15 is 0 Å². The van der Waals surface area contributed by atoms with Crippen molar-refractivity contribution in [3.05, 3.63) is 0 Å². The number of carbonyl (C=O) groups excluding carboxylic acids is 2. The van der Waals surface area contributed by atoms with Crippen molar-refractivity contribution in [3.8, 4) is 0 Å². The summed E-state index contributed by atoms with van der Waals surface area (Å²) in [4.78, 5) is 25.1. The molecule has 104 valence electrons. The Kier molecular flexibility index (Phi) is 5.10. The lowest BCUT2D eigenvalue weighted by Gasteiger charge is -2.24. The highest BCUT2D eigenvalue weighted by Crippen LogP contribution is 2.05. The summed E-state index contributed by atoms with van der Waals surface area (Å²) in [5.74, 6) is -0.272. The van der Waals surface area contributed by atoms with Gasteiger partial charge in [-0.05, 0) is 40.8 Å². The maximum absolute atomic E-state index is 11.7. The van der Waals surface area contributed by atoms with Gasteiger partial charge < -0.3 is 10.6 Å². The lowest BCUT2D eigenvalue weighted by molar-refractivity contribution is -0.121. The normalized spacial score (nSPS) is 19.9. The van der Waals surface area contributed by atoms with Gasteiger partial charge in [0.05, 0.1) is 6.54 Å². The van der Waals surface area contributed by atoms with Crippen LogP contribution in [0.1, 0.15) is 27.2 Å². The average molecular weight is 256 g/mol. The van der Waals surface area contributed by atoms with Crippen LogP contribution in [-0.2, 0) is 4.79 Å². The fourth-order valence-electron chi connectivity index (χ4n) is 1.91. The predicted molar refractivity (Wildman–Crippen MR) is 70.3 cm³/mol. The molecule has 1 unspecified atom stereocenters. The predicted octanol–water partition coefficient (Wildman–Crippen LogP) is -0.0956. The minimum absolute atomic E-state index is 0.240. The van der Waals surface area contributed by atoms with E-state index in [1.165, 1.54) is 0 Å². The van der Waals surface area contributed by atoms with Crippen molar-refractivity contribution in [2.75, 3.05) is 26.7 Å². The van der Waals surface area contributed by atoms with Crippen molar-refractivity contribution in [1.29, 1.82) is 0 Å². The summed E-state index contributed by atoms with van der Waals surface area (Å²) in [5.41, 5.74) is -0.342. The Morgan fingerprint density at radius 1 is 1.39 bits per heavy atom. The van der Waals surface area contributed by atoms with Crippen molar-refractivity contribution < 1.29 is 9.59 Å². The zero-order valence-electron chi connectivity index (χ0n) is 11.7.